The number of ether oxygens (including phenoxy) is 1. The van der Waals surface area contributed by atoms with Gasteiger partial charge in [0.25, 0.3) is 0 Å². The number of pyridine rings is 1. The van der Waals surface area contributed by atoms with Gasteiger partial charge in [0, 0.05) is 30.0 Å². The van der Waals surface area contributed by atoms with Gasteiger partial charge in [-0.15, -0.1) is 0 Å². The first-order valence-electron chi connectivity index (χ1n) is 8.76. The number of aromatic nitrogens is 1. The molecule has 0 saturated heterocycles. The Morgan fingerprint density at radius 2 is 1.96 bits per heavy atom. The maximum Gasteiger partial charge on any atom is 0.338 e. The van der Waals surface area contributed by atoms with E-state index in [4.69, 9.17) is 9.72 Å². The summed E-state index contributed by atoms with van der Waals surface area (Å²) in [6.45, 7) is 6.61. The molecule has 0 spiro atoms. The lowest BCUT2D eigenvalue weighted by atomic mass is 10.0. The maximum atomic E-state index is 12.5. The Balaban J connectivity index is 2.12. The van der Waals surface area contributed by atoms with Crippen LogP contribution in [0.4, 0.5) is 5.82 Å². The lowest BCUT2D eigenvalue weighted by Crippen LogP contribution is -2.38. The second-order valence-electron chi connectivity index (χ2n) is 6.67. The molecule has 2 heterocycles. The van der Waals surface area contributed by atoms with E-state index in [2.05, 4.69) is 5.43 Å². The number of fused-ring (bicyclic) bond motifs is 1. The number of esters is 1. The molecule has 3 rings (SSSR count). The molecule has 0 amide bonds. The van der Waals surface area contributed by atoms with Gasteiger partial charge in [0.2, 0.25) is 0 Å². The summed E-state index contributed by atoms with van der Waals surface area (Å²) in [6.07, 6.45) is 1.17. The predicted molar refractivity (Wildman–Crippen MR) is 103 cm³/mol. The van der Waals surface area contributed by atoms with Gasteiger partial charge in [-0.3, -0.25) is 5.01 Å². The van der Waals surface area contributed by atoms with Crippen LogP contribution in [0.15, 0.2) is 35.2 Å². The molecule has 1 aromatic carbocycles. The molecule has 2 aromatic rings. The number of carbonyl (C=O) groups is 1. The minimum Gasteiger partial charge on any atom is -0.462 e. The van der Waals surface area contributed by atoms with Gasteiger partial charge in [-0.2, -0.15) is 0 Å². The summed E-state index contributed by atoms with van der Waals surface area (Å²) in [6, 6.07) is 8.34. The average Bonchev–Trinajstić information content (AvgIpc) is 3.04. The Morgan fingerprint density at radius 3 is 2.52 bits per heavy atom. The summed E-state index contributed by atoms with van der Waals surface area (Å²) >= 11 is 0. The van der Waals surface area contributed by atoms with Gasteiger partial charge in [0.05, 0.1) is 22.8 Å². The van der Waals surface area contributed by atoms with E-state index in [1.807, 2.05) is 18.9 Å². The van der Waals surface area contributed by atoms with Crippen molar-refractivity contribution in [2.24, 2.45) is 0 Å². The first-order chi connectivity index (χ1) is 12.7. The molecule has 0 saturated carbocycles. The van der Waals surface area contributed by atoms with Crippen LogP contribution in [0.1, 0.15) is 36.7 Å². The van der Waals surface area contributed by atoms with Crippen LogP contribution in [0.5, 0.6) is 0 Å². The molecular weight excluding hydrogens is 366 g/mol. The molecule has 1 aliphatic heterocycles. The van der Waals surface area contributed by atoms with Crippen molar-refractivity contribution in [1.82, 2.24) is 10.4 Å². The van der Waals surface area contributed by atoms with Crippen LogP contribution in [-0.4, -0.2) is 38.3 Å². The van der Waals surface area contributed by atoms with Gasteiger partial charge in [-0.05, 0) is 39.0 Å². The summed E-state index contributed by atoms with van der Waals surface area (Å²) in [4.78, 5) is 17.4. The van der Waals surface area contributed by atoms with Crippen LogP contribution in [0, 0.1) is 0 Å². The lowest BCUT2D eigenvalue weighted by Gasteiger charge is -2.23. The second kappa shape index (κ2) is 7.28. The van der Waals surface area contributed by atoms with Crippen LogP contribution in [0.25, 0.3) is 11.3 Å². The molecule has 0 aliphatic carbocycles. The zero-order chi connectivity index (χ0) is 19.8. The largest absolute Gasteiger partial charge is 0.462 e. The van der Waals surface area contributed by atoms with Crippen LogP contribution < -0.4 is 10.4 Å². The van der Waals surface area contributed by atoms with Gasteiger partial charge in [0.1, 0.15) is 5.82 Å². The van der Waals surface area contributed by atoms with Gasteiger partial charge < -0.3 is 4.74 Å². The molecule has 1 N–H and O–H groups in total. The van der Waals surface area contributed by atoms with Crippen LogP contribution in [0.2, 0.25) is 0 Å². The predicted octanol–water partition coefficient (Wildman–Crippen LogP) is 2.56. The number of hydrogen-bond acceptors (Lipinski definition) is 7. The first-order valence-corrected chi connectivity index (χ1v) is 10.7. The molecule has 0 unspecified atom stereocenters. The van der Waals surface area contributed by atoms with Crippen molar-refractivity contribution in [3.63, 3.8) is 0 Å². The smallest absolute Gasteiger partial charge is 0.338 e. The fraction of sp³-hybridized carbons (Fsp3) is 0.368. The van der Waals surface area contributed by atoms with Crippen LogP contribution >= 0.6 is 0 Å². The Kier molecular flexibility index (Phi) is 5.21. The number of sulfone groups is 1. The Morgan fingerprint density at radius 1 is 1.30 bits per heavy atom. The highest BCUT2D eigenvalue weighted by molar-refractivity contribution is 7.90. The minimum atomic E-state index is -3.27. The van der Waals surface area contributed by atoms with Gasteiger partial charge in [-0.1, -0.05) is 12.1 Å². The number of nitrogens with zero attached hydrogens (tertiary/aromatic N) is 2. The van der Waals surface area contributed by atoms with Crippen molar-refractivity contribution in [1.29, 1.82) is 0 Å². The SMILES string of the molecule is CCOC(=O)c1cc(-c2ccc(S(C)(=O)=O)cc2)nc2c1CNN2C(C)C. The first kappa shape index (κ1) is 19.3. The van der Waals surface area contributed by atoms with Crippen molar-refractivity contribution in [2.75, 3.05) is 17.9 Å². The molecule has 1 aromatic heterocycles. The monoisotopic (exact) mass is 389 g/mol. The number of rotatable bonds is 5. The van der Waals surface area contributed by atoms with E-state index >= 15 is 0 Å². The molecule has 0 bridgehead atoms. The van der Waals surface area contributed by atoms with Crippen molar-refractivity contribution >= 4 is 21.6 Å². The molecular formula is C19H23N3O4S. The minimum absolute atomic E-state index is 0.150. The fourth-order valence-corrected chi connectivity index (χ4v) is 3.64. The summed E-state index contributed by atoms with van der Waals surface area (Å²) < 4.78 is 28.6. The van der Waals surface area contributed by atoms with E-state index in [0.717, 1.165) is 11.1 Å². The standard InChI is InChI=1S/C19H23N3O4S/c1-5-26-19(23)15-10-17(13-6-8-14(9-7-13)27(4,24)25)21-18-16(15)11-20-22(18)12(2)3/h6-10,12,20H,5,11H2,1-4H3. The number of benzene rings is 1. The van der Waals surface area contributed by atoms with Gasteiger partial charge >= 0.3 is 5.97 Å². The highest BCUT2D eigenvalue weighted by atomic mass is 32.2. The van der Waals surface area contributed by atoms with Gasteiger partial charge in [0.15, 0.2) is 9.84 Å². The summed E-state index contributed by atoms with van der Waals surface area (Å²) in [7, 11) is -3.27. The second-order valence-corrected chi connectivity index (χ2v) is 8.69. The highest BCUT2D eigenvalue weighted by Gasteiger charge is 2.29. The Labute approximate surface area is 159 Å². The summed E-state index contributed by atoms with van der Waals surface area (Å²) in [5, 5.41) is 1.92. The van der Waals surface area contributed by atoms with E-state index in [9.17, 15) is 13.2 Å². The molecule has 0 fully saturated rings. The van der Waals surface area contributed by atoms with E-state index in [1.54, 1.807) is 37.3 Å². The normalized spacial score (nSPS) is 13.7. The topological polar surface area (TPSA) is 88.6 Å². The lowest BCUT2D eigenvalue weighted by molar-refractivity contribution is 0.0525. The fourth-order valence-electron chi connectivity index (χ4n) is 3.01. The Hall–Kier alpha value is -2.45. The van der Waals surface area contributed by atoms with E-state index in [1.165, 1.54) is 6.26 Å². The van der Waals surface area contributed by atoms with Crippen molar-refractivity contribution in [3.8, 4) is 11.3 Å². The van der Waals surface area contributed by atoms with E-state index in [0.29, 0.717) is 23.6 Å². The number of hydrazine groups is 1. The molecule has 1 aliphatic rings. The zero-order valence-corrected chi connectivity index (χ0v) is 16.6. The summed E-state index contributed by atoms with van der Waals surface area (Å²) in [5.41, 5.74) is 5.84. The highest BCUT2D eigenvalue weighted by Crippen LogP contribution is 2.32. The molecule has 27 heavy (non-hydrogen) atoms. The van der Waals surface area contributed by atoms with Gasteiger partial charge in [-0.25, -0.2) is 23.6 Å². The molecule has 0 radical (unpaired) electrons. The number of anilines is 1. The quantitative estimate of drug-likeness (QED) is 0.786. The summed E-state index contributed by atoms with van der Waals surface area (Å²) in [5.74, 6) is 0.301. The van der Waals surface area contributed by atoms with Crippen molar-refractivity contribution < 1.29 is 17.9 Å². The third kappa shape index (κ3) is 3.81. The van der Waals surface area contributed by atoms with Crippen LogP contribution in [-0.2, 0) is 21.1 Å². The Bertz CT molecular complexity index is 969. The van der Waals surface area contributed by atoms with Crippen molar-refractivity contribution in [3.05, 3.63) is 41.5 Å². The van der Waals surface area contributed by atoms with E-state index in [-0.39, 0.29) is 17.5 Å². The van der Waals surface area contributed by atoms with Crippen LogP contribution in [0.3, 0.4) is 0 Å². The van der Waals surface area contributed by atoms with E-state index < -0.39 is 15.8 Å². The maximum absolute atomic E-state index is 12.5. The number of carbonyl (C=O) groups excluding carboxylic acids is 1. The molecule has 7 nitrogen and oxygen atoms in total. The third-order valence-corrected chi connectivity index (χ3v) is 5.48. The zero-order valence-electron chi connectivity index (χ0n) is 15.8. The number of nitrogens with one attached hydrogen (secondary N) is 1. The number of hydrogen-bond donors (Lipinski definition) is 1. The molecule has 144 valence electrons. The molecule has 0 atom stereocenters. The molecule has 8 heteroatoms. The van der Waals surface area contributed by atoms with Crippen molar-refractivity contribution in [2.45, 2.75) is 38.3 Å². The average molecular weight is 389 g/mol. The third-order valence-electron chi connectivity index (χ3n) is 4.35.